The van der Waals surface area contributed by atoms with Gasteiger partial charge in [-0.05, 0) is 32.1 Å². The Morgan fingerprint density at radius 3 is 2.94 bits per heavy atom. The molecule has 0 radical (unpaired) electrons. The third-order valence-corrected chi connectivity index (χ3v) is 3.72. The van der Waals surface area contributed by atoms with Crippen molar-refractivity contribution < 1.29 is 4.42 Å². The van der Waals surface area contributed by atoms with Gasteiger partial charge in [-0.15, -0.1) is 0 Å². The highest BCUT2D eigenvalue weighted by Crippen LogP contribution is 2.28. The van der Waals surface area contributed by atoms with Crippen LogP contribution in [-0.4, -0.2) is 23.6 Å². The van der Waals surface area contributed by atoms with Crippen LogP contribution in [0.5, 0.6) is 0 Å². The van der Waals surface area contributed by atoms with Crippen molar-refractivity contribution in [2.75, 3.05) is 11.4 Å². The molecular formula is C13H21N3O. The smallest absolute Gasteiger partial charge is 0.297 e. The fraction of sp³-hybridized carbons (Fsp3) is 0.769. The summed E-state index contributed by atoms with van der Waals surface area (Å²) < 4.78 is 5.59. The van der Waals surface area contributed by atoms with E-state index in [0.717, 1.165) is 36.8 Å². The van der Waals surface area contributed by atoms with Crippen molar-refractivity contribution in [3.05, 3.63) is 12.0 Å². The average molecular weight is 235 g/mol. The van der Waals surface area contributed by atoms with E-state index < -0.39 is 0 Å². The molecule has 17 heavy (non-hydrogen) atoms. The summed E-state index contributed by atoms with van der Waals surface area (Å²) in [6, 6.07) is 2.07. The maximum absolute atomic E-state index is 5.59. The van der Waals surface area contributed by atoms with Gasteiger partial charge in [0.15, 0.2) is 0 Å². The van der Waals surface area contributed by atoms with Gasteiger partial charge >= 0.3 is 0 Å². The largest absolute Gasteiger partial charge is 0.432 e. The molecule has 1 aliphatic carbocycles. The summed E-state index contributed by atoms with van der Waals surface area (Å²) in [6.45, 7) is 6.44. The van der Waals surface area contributed by atoms with Crippen molar-refractivity contribution in [3.8, 4) is 0 Å². The number of hydrogen-bond donors (Lipinski definition) is 1. The van der Waals surface area contributed by atoms with Crippen molar-refractivity contribution >= 4 is 6.01 Å². The quantitative estimate of drug-likeness (QED) is 0.868. The standard InChI is InChI=1S/C13H21N3O/c1-9-5-10(2)16(7-9)13-15-12(8-17-13)6-14-11-3-4-11/h8-11,14H,3-7H2,1-2H3. The number of oxazole rings is 1. The Hall–Kier alpha value is -1.03. The predicted octanol–water partition coefficient (Wildman–Crippen LogP) is 2.16. The lowest BCUT2D eigenvalue weighted by molar-refractivity contribution is 0.528. The van der Waals surface area contributed by atoms with Crippen LogP contribution in [0.15, 0.2) is 10.7 Å². The number of aromatic nitrogens is 1. The zero-order valence-electron chi connectivity index (χ0n) is 10.6. The van der Waals surface area contributed by atoms with Gasteiger partial charge in [0.2, 0.25) is 0 Å². The van der Waals surface area contributed by atoms with Gasteiger partial charge in [-0.2, -0.15) is 4.98 Å². The Morgan fingerprint density at radius 2 is 2.29 bits per heavy atom. The number of nitrogens with zero attached hydrogens (tertiary/aromatic N) is 2. The molecule has 2 atom stereocenters. The topological polar surface area (TPSA) is 41.3 Å². The summed E-state index contributed by atoms with van der Waals surface area (Å²) in [4.78, 5) is 6.86. The van der Waals surface area contributed by atoms with E-state index >= 15 is 0 Å². The fourth-order valence-electron chi connectivity index (χ4n) is 2.61. The number of nitrogens with one attached hydrogen (secondary N) is 1. The van der Waals surface area contributed by atoms with E-state index in [1.165, 1.54) is 19.3 Å². The second-order valence-corrected chi connectivity index (χ2v) is 5.62. The lowest BCUT2D eigenvalue weighted by Crippen LogP contribution is -2.27. The fourth-order valence-corrected chi connectivity index (χ4v) is 2.61. The minimum atomic E-state index is 0.549. The summed E-state index contributed by atoms with van der Waals surface area (Å²) in [5, 5.41) is 3.46. The third-order valence-electron chi connectivity index (χ3n) is 3.72. The average Bonchev–Trinajstić information content (AvgIpc) is 2.90. The molecular weight excluding hydrogens is 214 g/mol. The molecule has 4 nitrogen and oxygen atoms in total. The van der Waals surface area contributed by atoms with Crippen molar-refractivity contribution in [3.63, 3.8) is 0 Å². The lowest BCUT2D eigenvalue weighted by atomic mass is 10.1. The molecule has 1 aromatic heterocycles. The van der Waals surface area contributed by atoms with Gasteiger partial charge in [-0.25, -0.2) is 0 Å². The van der Waals surface area contributed by atoms with E-state index in [-0.39, 0.29) is 0 Å². The van der Waals surface area contributed by atoms with E-state index in [9.17, 15) is 0 Å². The molecule has 0 amide bonds. The minimum Gasteiger partial charge on any atom is -0.432 e. The molecule has 1 saturated heterocycles. The highest BCUT2D eigenvalue weighted by molar-refractivity contribution is 5.31. The van der Waals surface area contributed by atoms with Crippen LogP contribution in [0, 0.1) is 5.92 Å². The zero-order chi connectivity index (χ0) is 11.8. The summed E-state index contributed by atoms with van der Waals surface area (Å²) in [5.41, 5.74) is 1.03. The van der Waals surface area contributed by atoms with Crippen LogP contribution in [0.2, 0.25) is 0 Å². The number of rotatable bonds is 4. The third kappa shape index (κ3) is 2.46. The Kier molecular flexibility index (Phi) is 2.82. The van der Waals surface area contributed by atoms with Crippen LogP contribution in [0.3, 0.4) is 0 Å². The summed E-state index contributed by atoms with van der Waals surface area (Å²) >= 11 is 0. The second-order valence-electron chi connectivity index (χ2n) is 5.62. The molecule has 1 aliphatic heterocycles. The van der Waals surface area contributed by atoms with Gasteiger partial charge in [0, 0.05) is 25.2 Å². The maximum atomic E-state index is 5.59. The molecule has 1 aromatic rings. The highest BCUT2D eigenvalue weighted by atomic mass is 16.4. The first-order chi connectivity index (χ1) is 8.22. The zero-order valence-corrected chi connectivity index (χ0v) is 10.6. The minimum absolute atomic E-state index is 0.549. The molecule has 0 spiro atoms. The van der Waals surface area contributed by atoms with Crippen molar-refractivity contribution in [2.24, 2.45) is 5.92 Å². The molecule has 4 heteroatoms. The molecule has 2 heterocycles. The van der Waals surface area contributed by atoms with E-state index in [1.807, 2.05) is 0 Å². The van der Waals surface area contributed by atoms with Crippen LogP contribution in [0.4, 0.5) is 6.01 Å². The van der Waals surface area contributed by atoms with E-state index in [0.29, 0.717) is 6.04 Å². The van der Waals surface area contributed by atoms with E-state index in [1.54, 1.807) is 6.26 Å². The number of hydrogen-bond acceptors (Lipinski definition) is 4. The predicted molar refractivity (Wildman–Crippen MR) is 67.0 cm³/mol. The second kappa shape index (κ2) is 4.33. The SMILES string of the molecule is CC1CC(C)N(c2nc(CNC3CC3)co2)C1. The molecule has 3 rings (SSSR count). The van der Waals surface area contributed by atoms with Gasteiger partial charge in [-0.1, -0.05) is 6.92 Å². The molecule has 0 aromatic carbocycles. The lowest BCUT2D eigenvalue weighted by Gasteiger charge is -2.18. The van der Waals surface area contributed by atoms with Gasteiger partial charge in [-0.3, -0.25) is 0 Å². The Balaban J connectivity index is 1.62. The number of anilines is 1. The van der Waals surface area contributed by atoms with Gasteiger partial charge in [0.25, 0.3) is 6.01 Å². The van der Waals surface area contributed by atoms with Gasteiger partial charge < -0.3 is 14.6 Å². The Labute approximate surface area is 102 Å². The molecule has 2 aliphatic rings. The first kappa shape index (κ1) is 11.1. The van der Waals surface area contributed by atoms with Crippen LogP contribution < -0.4 is 10.2 Å². The van der Waals surface area contributed by atoms with Crippen LogP contribution in [0.25, 0.3) is 0 Å². The van der Waals surface area contributed by atoms with Gasteiger partial charge in [0.1, 0.15) is 6.26 Å². The summed E-state index contributed by atoms with van der Waals surface area (Å²) in [7, 11) is 0. The van der Waals surface area contributed by atoms with Crippen molar-refractivity contribution in [1.29, 1.82) is 0 Å². The molecule has 2 fully saturated rings. The molecule has 94 valence electrons. The van der Waals surface area contributed by atoms with E-state index in [2.05, 4.69) is 29.0 Å². The first-order valence-corrected chi connectivity index (χ1v) is 6.67. The summed E-state index contributed by atoms with van der Waals surface area (Å²) in [6.07, 6.45) is 5.65. The molecule has 0 bridgehead atoms. The van der Waals surface area contributed by atoms with Crippen LogP contribution in [0.1, 0.15) is 38.8 Å². The Bertz CT molecular complexity index is 386. The van der Waals surface area contributed by atoms with Crippen LogP contribution in [-0.2, 0) is 6.54 Å². The highest BCUT2D eigenvalue weighted by Gasteiger charge is 2.29. The maximum Gasteiger partial charge on any atom is 0.297 e. The molecule has 1 N–H and O–H groups in total. The summed E-state index contributed by atoms with van der Waals surface area (Å²) in [5.74, 6) is 0.741. The Morgan fingerprint density at radius 1 is 1.47 bits per heavy atom. The van der Waals surface area contributed by atoms with E-state index in [4.69, 9.17) is 4.42 Å². The van der Waals surface area contributed by atoms with Crippen molar-refractivity contribution in [1.82, 2.24) is 10.3 Å². The normalized spacial score (nSPS) is 28.9. The molecule has 1 saturated carbocycles. The van der Waals surface area contributed by atoms with Crippen molar-refractivity contribution in [2.45, 2.75) is 51.7 Å². The molecule has 2 unspecified atom stereocenters. The van der Waals surface area contributed by atoms with Crippen LogP contribution >= 0.6 is 0 Å². The monoisotopic (exact) mass is 235 g/mol. The first-order valence-electron chi connectivity index (χ1n) is 6.67. The van der Waals surface area contributed by atoms with Gasteiger partial charge in [0.05, 0.1) is 5.69 Å².